The molecule has 3 heterocycles. The maximum Gasteiger partial charge on any atom is 0.342 e. The van der Waals surface area contributed by atoms with Crippen LogP contribution in [0.3, 0.4) is 0 Å². The Balaban J connectivity index is 1.61. The first-order valence-corrected chi connectivity index (χ1v) is 24.9. The molecule has 2 fully saturated rings. The highest BCUT2D eigenvalue weighted by Gasteiger charge is 2.53. The molecule has 5 unspecified atom stereocenters. The molecule has 1 aromatic rings. The van der Waals surface area contributed by atoms with Crippen LogP contribution in [-0.2, 0) is 53.9 Å². The molecule has 7 N–H and O–H groups in total. The zero-order valence-electron chi connectivity index (χ0n) is 43.0. The predicted molar refractivity (Wildman–Crippen MR) is 265 cm³/mol. The van der Waals surface area contributed by atoms with Crippen molar-refractivity contribution >= 4 is 41.1 Å². The molecule has 0 aliphatic carbocycles. The maximum absolute atomic E-state index is 13.9. The first-order chi connectivity index (χ1) is 33.7. The number of cyclic esters (lactones) is 1. The zero-order chi connectivity index (χ0) is 54.1. The SMILES string of the molecule is CCc1c(Cl)c(O)c(Cl)c(O)c1C(=O)O[C@@H]1[C@@H](O)[C@@H](OC)[C@@H](OC/C2=C/C=C/CC(O)/C(C)=C\C(CC)C(O[C@@H]3OC(C)(C)[C@H](OC(=O)C(C)C)[C@H](O)[C@@H]3O)/C(C)=C/C(C)=C/CC(C(C)O)OC2=O)O[C@H]1C. The number of esters is 3. The number of carbonyl (C=O) groups excluding carboxylic acids is 3. The van der Waals surface area contributed by atoms with Crippen LogP contribution in [-0.4, -0.2) is 153 Å². The zero-order valence-corrected chi connectivity index (χ0v) is 44.5. The summed E-state index contributed by atoms with van der Waals surface area (Å²) in [6.07, 6.45) is -5.45. The van der Waals surface area contributed by atoms with Crippen molar-refractivity contribution in [2.45, 2.75) is 187 Å². The topological polar surface area (TPSA) is 267 Å². The van der Waals surface area contributed by atoms with Crippen molar-refractivity contribution in [2.75, 3.05) is 13.7 Å². The molecule has 0 spiro atoms. The van der Waals surface area contributed by atoms with Gasteiger partial charge in [-0.05, 0) is 90.5 Å². The van der Waals surface area contributed by atoms with Crippen LogP contribution in [0.1, 0.15) is 111 Å². The molecular formula is C52H74Cl2O18. The van der Waals surface area contributed by atoms with Gasteiger partial charge in [-0.1, -0.05) is 86.9 Å². The summed E-state index contributed by atoms with van der Waals surface area (Å²) in [6, 6.07) is 0. The number of aromatic hydroxyl groups is 2. The Labute approximate surface area is 431 Å². The minimum Gasteiger partial charge on any atom is -0.505 e. The highest BCUT2D eigenvalue weighted by molar-refractivity contribution is 6.39. The van der Waals surface area contributed by atoms with Crippen LogP contribution in [0.5, 0.6) is 11.5 Å². The van der Waals surface area contributed by atoms with Crippen LogP contribution in [0.15, 0.2) is 58.7 Å². The van der Waals surface area contributed by atoms with E-state index in [0.29, 0.717) is 23.1 Å². The molecule has 3 aliphatic heterocycles. The Morgan fingerprint density at radius 1 is 0.903 bits per heavy atom. The minimum atomic E-state index is -1.61. The molecule has 0 radical (unpaired) electrons. The molecule has 3 aliphatic rings. The van der Waals surface area contributed by atoms with Crippen molar-refractivity contribution in [3.8, 4) is 11.5 Å². The first kappa shape index (κ1) is 60.7. The number of phenolic OH excluding ortho intramolecular Hbond substituents is 2. The third-order valence-corrected chi connectivity index (χ3v) is 13.8. The number of rotatable bonds is 13. The Hall–Kier alpha value is -3.89. The summed E-state index contributed by atoms with van der Waals surface area (Å²) in [5.74, 6) is -4.78. The summed E-state index contributed by atoms with van der Waals surface area (Å²) in [6.45, 7) is 18.1. The van der Waals surface area contributed by atoms with E-state index in [1.54, 1.807) is 53.7 Å². The Bertz CT molecular complexity index is 2220. The van der Waals surface area contributed by atoms with Crippen molar-refractivity contribution in [2.24, 2.45) is 11.8 Å². The number of methoxy groups -OCH3 is 1. The van der Waals surface area contributed by atoms with E-state index < -0.39 is 144 Å². The van der Waals surface area contributed by atoms with E-state index in [1.807, 2.05) is 32.9 Å². The number of allylic oxidation sites excluding steroid dienone is 4. The van der Waals surface area contributed by atoms with Gasteiger partial charge in [-0.15, -0.1) is 0 Å². The second kappa shape index (κ2) is 26.5. The Kier molecular flexibility index (Phi) is 22.4. The molecule has 0 saturated carbocycles. The molecule has 20 heteroatoms. The van der Waals surface area contributed by atoms with Crippen molar-refractivity contribution in [1.82, 2.24) is 0 Å². The number of aliphatic hydroxyl groups excluding tert-OH is 5. The van der Waals surface area contributed by atoms with Crippen molar-refractivity contribution in [3.63, 3.8) is 0 Å². The second-order valence-corrected chi connectivity index (χ2v) is 20.1. The van der Waals surface area contributed by atoms with Crippen LogP contribution in [0, 0.1) is 11.8 Å². The molecule has 2 saturated heterocycles. The molecule has 72 heavy (non-hydrogen) atoms. The fourth-order valence-corrected chi connectivity index (χ4v) is 9.16. The average molecular weight is 1060 g/mol. The van der Waals surface area contributed by atoms with Gasteiger partial charge >= 0.3 is 17.9 Å². The summed E-state index contributed by atoms with van der Waals surface area (Å²) in [4.78, 5) is 40.0. The lowest BCUT2D eigenvalue weighted by molar-refractivity contribution is -0.333. The molecule has 14 atom stereocenters. The number of carbonyl (C=O) groups is 3. The lowest BCUT2D eigenvalue weighted by Gasteiger charge is -2.47. The van der Waals surface area contributed by atoms with Crippen LogP contribution in [0.2, 0.25) is 10.0 Å². The number of hydrogen-bond donors (Lipinski definition) is 7. The molecule has 18 nitrogen and oxygen atoms in total. The highest BCUT2D eigenvalue weighted by Crippen LogP contribution is 2.45. The van der Waals surface area contributed by atoms with Crippen LogP contribution in [0.4, 0.5) is 0 Å². The van der Waals surface area contributed by atoms with Crippen molar-refractivity contribution in [3.05, 3.63) is 79.9 Å². The van der Waals surface area contributed by atoms with Crippen LogP contribution >= 0.6 is 23.2 Å². The Morgan fingerprint density at radius 2 is 1.57 bits per heavy atom. The summed E-state index contributed by atoms with van der Waals surface area (Å²) >= 11 is 12.3. The number of phenols is 2. The van der Waals surface area contributed by atoms with E-state index in [0.717, 1.165) is 0 Å². The van der Waals surface area contributed by atoms with E-state index in [4.69, 9.17) is 61.1 Å². The summed E-state index contributed by atoms with van der Waals surface area (Å²) in [5.41, 5.74) is 0.318. The number of benzene rings is 1. The number of ether oxygens (including phenoxy) is 8. The summed E-state index contributed by atoms with van der Waals surface area (Å²) < 4.78 is 47.5. The molecular weight excluding hydrogens is 983 g/mol. The monoisotopic (exact) mass is 1060 g/mol. The summed E-state index contributed by atoms with van der Waals surface area (Å²) in [7, 11) is 1.26. The van der Waals surface area contributed by atoms with Gasteiger partial charge in [-0.3, -0.25) is 4.79 Å². The average Bonchev–Trinajstić information content (AvgIpc) is 3.32. The van der Waals surface area contributed by atoms with Gasteiger partial charge in [0, 0.05) is 19.4 Å². The normalized spacial score (nSPS) is 34.8. The fourth-order valence-electron chi connectivity index (χ4n) is 8.60. The van der Waals surface area contributed by atoms with Gasteiger partial charge in [0.05, 0.1) is 47.5 Å². The van der Waals surface area contributed by atoms with Gasteiger partial charge in [0.25, 0.3) is 0 Å². The fraction of sp³-hybridized carbons (Fsp3) is 0.635. The molecule has 0 amide bonds. The number of halogens is 2. The van der Waals surface area contributed by atoms with Gasteiger partial charge in [-0.2, -0.15) is 0 Å². The molecule has 0 aromatic heterocycles. The van der Waals surface area contributed by atoms with Crippen LogP contribution < -0.4 is 0 Å². The highest BCUT2D eigenvalue weighted by atomic mass is 35.5. The van der Waals surface area contributed by atoms with E-state index >= 15 is 0 Å². The quantitative estimate of drug-likeness (QED) is 0.0655. The van der Waals surface area contributed by atoms with Gasteiger partial charge in [0.1, 0.15) is 46.7 Å². The van der Waals surface area contributed by atoms with Crippen molar-refractivity contribution < 1.29 is 88.0 Å². The minimum absolute atomic E-state index is 0.0372. The van der Waals surface area contributed by atoms with E-state index in [1.165, 1.54) is 33.1 Å². The van der Waals surface area contributed by atoms with Gasteiger partial charge in [0.2, 0.25) is 0 Å². The van der Waals surface area contributed by atoms with Crippen LogP contribution in [0.25, 0.3) is 0 Å². The van der Waals surface area contributed by atoms with Crippen molar-refractivity contribution in [1.29, 1.82) is 0 Å². The summed E-state index contributed by atoms with van der Waals surface area (Å²) in [5, 5.41) is 76.5. The van der Waals surface area contributed by atoms with Gasteiger partial charge in [-0.25, -0.2) is 9.59 Å². The smallest absolute Gasteiger partial charge is 0.342 e. The third kappa shape index (κ3) is 14.7. The largest absolute Gasteiger partial charge is 0.505 e. The molecule has 4 rings (SSSR count). The third-order valence-electron chi connectivity index (χ3n) is 13.0. The van der Waals surface area contributed by atoms with Gasteiger partial charge in [0.15, 0.2) is 36.3 Å². The maximum atomic E-state index is 13.9. The molecule has 1 aromatic carbocycles. The number of hydrogen-bond acceptors (Lipinski definition) is 18. The first-order valence-electron chi connectivity index (χ1n) is 24.2. The predicted octanol–water partition coefficient (Wildman–Crippen LogP) is 6.23. The second-order valence-electron chi connectivity index (χ2n) is 19.4. The molecule has 0 bridgehead atoms. The standard InChI is InChI=1S/C52H74Cl2O18/c1-13-30-22-26(6)33(56)18-16-15-17-31(23-66-51-45(65-12)42(61)44(29(9)67-51)69-49(64)35-32(14-2)36(53)39(58)37(54)38(35)57)48(63)68-34(28(8)55)20-19-25(5)21-27(7)43(30)70-50-41(60)40(59)46(52(10,11)72-50)71-47(62)24(3)4/h15-17,19,21-22,24,28-30,33-34,40-46,50-51,55-61H,13-14,18,20,23H2,1-12H3/b16-15+,25-19+,26-22-,27-21+,31-17-/t28?,29-,30?,33?,34?,40+,41-,42+,43?,44-,45+,46+,50+,51-/m0/s1. The van der Waals surface area contributed by atoms with Gasteiger partial charge < -0.3 is 73.6 Å². The lowest BCUT2D eigenvalue weighted by atomic mass is 9.88. The van der Waals surface area contributed by atoms with E-state index in [9.17, 15) is 50.1 Å². The van der Waals surface area contributed by atoms with E-state index in [-0.39, 0.29) is 35.4 Å². The molecule has 404 valence electrons. The van der Waals surface area contributed by atoms with E-state index in [2.05, 4.69) is 0 Å². The Morgan fingerprint density at radius 3 is 2.17 bits per heavy atom. The number of aliphatic hydroxyl groups is 5. The lowest BCUT2D eigenvalue weighted by Crippen LogP contribution is -2.64.